The number of rotatable bonds is 1. The zero-order valence-corrected chi connectivity index (χ0v) is 12.7. The Hall–Kier alpha value is -2.11. The molecule has 0 fully saturated rings. The Labute approximate surface area is 127 Å². The highest BCUT2D eigenvalue weighted by atomic mass is 19.2. The first kappa shape index (κ1) is 14.8. The van der Waals surface area contributed by atoms with E-state index in [4.69, 9.17) is 4.74 Å². The van der Waals surface area contributed by atoms with Gasteiger partial charge in [0.2, 0.25) is 0 Å². The first-order valence-corrected chi connectivity index (χ1v) is 7.20. The van der Waals surface area contributed by atoms with Crippen LogP contribution in [-0.4, -0.2) is 22.3 Å². The molecule has 1 amide bonds. The number of hydrogen-bond donors (Lipinski definition) is 1. The number of aromatic nitrogens is 1. The lowest BCUT2D eigenvalue weighted by atomic mass is 9.99. The molecule has 4 nitrogen and oxygen atoms in total. The molecule has 0 aliphatic carbocycles. The third-order valence-corrected chi connectivity index (χ3v) is 3.62. The predicted molar refractivity (Wildman–Crippen MR) is 78.7 cm³/mol. The number of hydrogen-bond acceptors (Lipinski definition) is 2. The second-order valence-corrected chi connectivity index (χ2v) is 6.61. The lowest BCUT2D eigenvalue weighted by Gasteiger charge is -2.27. The number of carbonyl (C=O) groups is 1. The molecule has 0 saturated heterocycles. The number of amides is 1. The fraction of sp³-hybridized carbons (Fsp3) is 0.438. The van der Waals surface area contributed by atoms with Crippen molar-refractivity contribution in [2.24, 2.45) is 0 Å². The van der Waals surface area contributed by atoms with Gasteiger partial charge in [0.15, 0.2) is 11.6 Å². The Balaban J connectivity index is 1.83. The van der Waals surface area contributed by atoms with Crippen LogP contribution in [0.25, 0.3) is 10.9 Å². The van der Waals surface area contributed by atoms with Gasteiger partial charge in [-0.15, -0.1) is 0 Å². The van der Waals surface area contributed by atoms with E-state index in [1.807, 2.05) is 4.57 Å². The topological polar surface area (TPSA) is 43.3 Å². The average Bonchev–Trinajstić information content (AvgIpc) is 2.78. The third-order valence-electron chi connectivity index (χ3n) is 3.62. The highest BCUT2D eigenvalue weighted by Gasteiger charge is 2.26. The van der Waals surface area contributed by atoms with Crippen molar-refractivity contribution in [3.8, 4) is 0 Å². The molecule has 1 atom stereocenters. The first-order chi connectivity index (χ1) is 10.2. The number of benzene rings is 1. The summed E-state index contributed by atoms with van der Waals surface area (Å²) in [7, 11) is 0. The molecule has 0 saturated carbocycles. The van der Waals surface area contributed by atoms with Crippen molar-refractivity contribution in [3.63, 3.8) is 0 Å². The van der Waals surface area contributed by atoms with Crippen LogP contribution in [0.4, 0.5) is 13.6 Å². The van der Waals surface area contributed by atoms with Crippen LogP contribution in [0.1, 0.15) is 26.3 Å². The lowest BCUT2D eigenvalue weighted by molar-refractivity contribution is 0.0498. The SMILES string of the molecule is CC(C)(C)OC(=O)N[C@H]1Cc2cc(F)c(F)c3ccn(c23)C1. The summed E-state index contributed by atoms with van der Waals surface area (Å²) in [6, 6.07) is 2.55. The number of nitrogens with one attached hydrogen (secondary N) is 1. The fourth-order valence-electron chi connectivity index (χ4n) is 2.87. The monoisotopic (exact) mass is 308 g/mol. The molecule has 1 aromatic carbocycles. The minimum atomic E-state index is -0.863. The minimum absolute atomic E-state index is 0.220. The maximum absolute atomic E-state index is 13.8. The summed E-state index contributed by atoms with van der Waals surface area (Å²) in [6.07, 6.45) is 1.64. The maximum Gasteiger partial charge on any atom is 0.407 e. The van der Waals surface area contributed by atoms with Crippen LogP contribution < -0.4 is 5.32 Å². The van der Waals surface area contributed by atoms with Crippen molar-refractivity contribution >= 4 is 17.0 Å². The zero-order valence-electron chi connectivity index (χ0n) is 12.7. The van der Waals surface area contributed by atoms with Gasteiger partial charge < -0.3 is 14.6 Å². The summed E-state index contributed by atoms with van der Waals surface area (Å²) in [4.78, 5) is 11.9. The molecule has 0 bridgehead atoms. The largest absolute Gasteiger partial charge is 0.444 e. The molecule has 1 aliphatic heterocycles. The van der Waals surface area contributed by atoms with E-state index in [0.717, 1.165) is 0 Å². The smallest absolute Gasteiger partial charge is 0.407 e. The predicted octanol–water partition coefficient (Wildman–Crippen LogP) is 3.37. The summed E-state index contributed by atoms with van der Waals surface area (Å²) >= 11 is 0. The highest BCUT2D eigenvalue weighted by molar-refractivity contribution is 5.85. The van der Waals surface area contributed by atoms with Crippen LogP contribution in [-0.2, 0) is 17.7 Å². The Morgan fingerprint density at radius 1 is 1.41 bits per heavy atom. The van der Waals surface area contributed by atoms with Crippen LogP contribution in [0.15, 0.2) is 18.3 Å². The van der Waals surface area contributed by atoms with E-state index in [-0.39, 0.29) is 11.4 Å². The summed E-state index contributed by atoms with van der Waals surface area (Å²) in [5.41, 5.74) is 0.805. The summed E-state index contributed by atoms with van der Waals surface area (Å²) in [5, 5.41) is 3.07. The molecular weight excluding hydrogens is 290 g/mol. The van der Waals surface area contributed by atoms with Crippen LogP contribution in [0.2, 0.25) is 0 Å². The van der Waals surface area contributed by atoms with Crippen molar-refractivity contribution in [1.29, 1.82) is 0 Å². The second kappa shape index (κ2) is 4.97. The van der Waals surface area contributed by atoms with E-state index >= 15 is 0 Å². The number of alkyl carbamates (subject to hydrolysis) is 1. The highest BCUT2D eigenvalue weighted by Crippen LogP contribution is 2.30. The molecule has 0 radical (unpaired) electrons. The standard InChI is InChI=1S/C16H18F2N2O2/c1-16(2,3)22-15(21)19-10-6-9-7-12(17)13(18)11-4-5-20(8-10)14(9)11/h4-5,7,10H,6,8H2,1-3H3,(H,19,21)/t10-/m0/s1. The van der Waals surface area contributed by atoms with E-state index in [1.54, 1.807) is 33.0 Å². The van der Waals surface area contributed by atoms with E-state index in [1.165, 1.54) is 6.07 Å². The Morgan fingerprint density at radius 3 is 2.82 bits per heavy atom. The molecule has 6 heteroatoms. The van der Waals surface area contributed by atoms with Crippen LogP contribution in [0.3, 0.4) is 0 Å². The number of halogens is 2. The molecule has 22 heavy (non-hydrogen) atoms. The molecular formula is C16H18F2N2O2. The first-order valence-electron chi connectivity index (χ1n) is 7.20. The Morgan fingerprint density at radius 2 is 2.14 bits per heavy atom. The zero-order chi connectivity index (χ0) is 16.1. The van der Waals surface area contributed by atoms with Gasteiger partial charge >= 0.3 is 6.09 Å². The van der Waals surface area contributed by atoms with E-state index in [2.05, 4.69) is 5.32 Å². The minimum Gasteiger partial charge on any atom is -0.444 e. The van der Waals surface area contributed by atoms with Gasteiger partial charge in [0.25, 0.3) is 0 Å². The quantitative estimate of drug-likeness (QED) is 0.878. The van der Waals surface area contributed by atoms with Gasteiger partial charge in [-0.1, -0.05) is 0 Å². The molecule has 1 N–H and O–H groups in total. The van der Waals surface area contributed by atoms with Gasteiger partial charge in [0.1, 0.15) is 5.60 Å². The van der Waals surface area contributed by atoms with Gasteiger partial charge in [-0.3, -0.25) is 0 Å². The van der Waals surface area contributed by atoms with Crippen LogP contribution in [0.5, 0.6) is 0 Å². The van der Waals surface area contributed by atoms with E-state index in [9.17, 15) is 13.6 Å². The van der Waals surface area contributed by atoms with Crippen molar-refractivity contribution < 1.29 is 18.3 Å². The van der Waals surface area contributed by atoms with E-state index in [0.29, 0.717) is 24.0 Å². The summed E-state index contributed by atoms with van der Waals surface area (Å²) in [5.74, 6) is -1.69. The van der Waals surface area contributed by atoms with Crippen molar-refractivity contribution in [3.05, 3.63) is 35.5 Å². The molecule has 0 unspecified atom stereocenters. The summed E-state index contributed by atoms with van der Waals surface area (Å²) < 4.78 is 34.5. The van der Waals surface area contributed by atoms with Crippen molar-refractivity contribution in [2.45, 2.75) is 45.4 Å². The van der Waals surface area contributed by atoms with Gasteiger partial charge in [-0.2, -0.15) is 0 Å². The van der Waals surface area contributed by atoms with E-state index < -0.39 is 23.3 Å². The molecule has 1 aliphatic rings. The Bertz CT molecular complexity index is 747. The third kappa shape index (κ3) is 2.65. The van der Waals surface area contributed by atoms with Gasteiger partial charge in [0.05, 0.1) is 11.6 Å². The van der Waals surface area contributed by atoms with Crippen LogP contribution >= 0.6 is 0 Å². The average molecular weight is 308 g/mol. The van der Waals surface area contributed by atoms with Crippen molar-refractivity contribution in [2.75, 3.05) is 0 Å². The molecule has 2 aromatic rings. The van der Waals surface area contributed by atoms with Crippen molar-refractivity contribution in [1.82, 2.24) is 9.88 Å². The lowest BCUT2D eigenvalue weighted by Crippen LogP contribution is -2.43. The molecule has 2 heterocycles. The van der Waals surface area contributed by atoms with Gasteiger partial charge in [-0.05, 0) is 44.9 Å². The molecule has 3 rings (SSSR count). The van der Waals surface area contributed by atoms with Crippen LogP contribution in [0, 0.1) is 11.6 Å². The second-order valence-electron chi connectivity index (χ2n) is 6.61. The number of ether oxygens (including phenoxy) is 1. The van der Waals surface area contributed by atoms with Gasteiger partial charge in [-0.25, -0.2) is 13.6 Å². The molecule has 1 aromatic heterocycles. The number of nitrogens with zero attached hydrogens (tertiary/aromatic N) is 1. The molecule has 0 spiro atoms. The maximum atomic E-state index is 13.8. The number of carbonyl (C=O) groups excluding carboxylic acids is 1. The van der Waals surface area contributed by atoms with Gasteiger partial charge in [0, 0.05) is 18.1 Å². The Kier molecular flexibility index (Phi) is 3.34. The summed E-state index contributed by atoms with van der Waals surface area (Å²) in [6.45, 7) is 5.87. The normalized spacial score (nSPS) is 17.6. The fourth-order valence-corrected chi connectivity index (χ4v) is 2.87. The molecule has 118 valence electrons.